The van der Waals surface area contributed by atoms with Crippen LogP contribution in [0.1, 0.15) is 5.69 Å². The van der Waals surface area contributed by atoms with Crippen molar-refractivity contribution < 1.29 is 9.47 Å². The van der Waals surface area contributed by atoms with Crippen molar-refractivity contribution in [3.05, 3.63) is 48.2 Å². The van der Waals surface area contributed by atoms with Crippen LogP contribution in [-0.2, 0) is 16.0 Å². The summed E-state index contributed by atoms with van der Waals surface area (Å²) in [4.78, 5) is 0. The smallest absolute Gasteiger partial charge is 0.146 e. The number of methoxy groups -OCH3 is 1. The first kappa shape index (κ1) is 16.3. The van der Waals surface area contributed by atoms with Crippen molar-refractivity contribution in [1.29, 1.82) is 0 Å². The van der Waals surface area contributed by atoms with Crippen LogP contribution in [0.15, 0.2) is 42.5 Å². The fraction of sp³-hybridized carbons (Fsp3) is 0.278. The molecule has 0 radical (unpaired) electrons. The predicted octanol–water partition coefficient (Wildman–Crippen LogP) is 3.29. The Morgan fingerprint density at radius 2 is 2.04 bits per heavy atom. The van der Waals surface area contributed by atoms with Crippen molar-refractivity contribution in [1.82, 2.24) is 9.78 Å². The Bertz CT molecular complexity index is 829. The van der Waals surface area contributed by atoms with Crippen LogP contribution in [0, 0.1) is 6.92 Å². The number of nitrogens with one attached hydrogen (secondary N) is 1. The minimum absolute atomic E-state index is 0.296. The maximum atomic E-state index is 5.99. The Morgan fingerprint density at radius 3 is 2.83 bits per heavy atom. The summed E-state index contributed by atoms with van der Waals surface area (Å²) in [7, 11) is 1.61. The molecule has 126 valence electrons. The van der Waals surface area contributed by atoms with E-state index in [0.717, 1.165) is 33.7 Å². The van der Waals surface area contributed by atoms with Gasteiger partial charge in [-0.1, -0.05) is 12.1 Å². The van der Waals surface area contributed by atoms with Gasteiger partial charge in [0.1, 0.15) is 6.79 Å². The number of ether oxygens (including phenoxy) is 2. The van der Waals surface area contributed by atoms with E-state index in [9.17, 15) is 0 Å². The van der Waals surface area contributed by atoms with Gasteiger partial charge in [-0.15, -0.1) is 0 Å². The molecule has 24 heavy (non-hydrogen) atoms. The zero-order chi connectivity index (χ0) is 16.9. The molecule has 0 unspecified atom stereocenters. The Kier molecular flexibility index (Phi) is 4.98. The van der Waals surface area contributed by atoms with Crippen molar-refractivity contribution in [2.75, 3.05) is 31.6 Å². The normalized spacial score (nSPS) is 11.1. The molecule has 1 heterocycles. The molecule has 0 aliphatic carbocycles. The summed E-state index contributed by atoms with van der Waals surface area (Å²) < 4.78 is 12.2. The highest BCUT2D eigenvalue weighted by molar-refractivity contribution is 5.87. The summed E-state index contributed by atoms with van der Waals surface area (Å²) in [6.45, 7) is 3.55. The van der Waals surface area contributed by atoms with Gasteiger partial charge in [-0.2, -0.15) is 5.10 Å². The van der Waals surface area contributed by atoms with Crippen LogP contribution in [0.3, 0.4) is 0 Å². The minimum Gasteiger partial charge on any atom is -0.397 e. The molecule has 0 amide bonds. The molecule has 0 saturated heterocycles. The highest BCUT2D eigenvalue weighted by Crippen LogP contribution is 2.27. The third kappa shape index (κ3) is 3.50. The number of rotatable bonds is 7. The first-order valence-corrected chi connectivity index (χ1v) is 7.84. The van der Waals surface area contributed by atoms with Gasteiger partial charge in [0.25, 0.3) is 0 Å². The minimum atomic E-state index is 0.296. The average Bonchev–Trinajstić information content (AvgIpc) is 2.90. The standard InChI is InChI=1S/C18H22N4O2/c1-13-15-11-14(20-17-6-4-3-5-16(17)19)7-8-18(15)22(21-13)9-10-24-12-23-2/h3-8,11,20H,9-10,12,19H2,1-2H3. The molecular weight excluding hydrogens is 304 g/mol. The van der Waals surface area contributed by atoms with Gasteiger partial charge in [-0.05, 0) is 37.3 Å². The quantitative estimate of drug-likeness (QED) is 0.396. The van der Waals surface area contributed by atoms with E-state index in [2.05, 4.69) is 22.5 Å². The van der Waals surface area contributed by atoms with Gasteiger partial charge in [0.2, 0.25) is 0 Å². The topological polar surface area (TPSA) is 74.3 Å². The molecule has 0 atom stereocenters. The highest BCUT2D eigenvalue weighted by Gasteiger charge is 2.09. The largest absolute Gasteiger partial charge is 0.397 e. The molecule has 0 aliphatic rings. The average molecular weight is 326 g/mol. The van der Waals surface area contributed by atoms with E-state index in [-0.39, 0.29) is 0 Å². The van der Waals surface area contributed by atoms with Gasteiger partial charge in [-0.25, -0.2) is 0 Å². The third-order valence-electron chi connectivity index (χ3n) is 3.82. The summed E-state index contributed by atoms with van der Waals surface area (Å²) in [6, 6.07) is 13.9. The first-order chi connectivity index (χ1) is 11.7. The number of nitrogens with zero attached hydrogens (tertiary/aromatic N) is 2. The van der Waals surface area contributed by atoms with Gasteiger partial charge in [0.15, 0.2) is 0 Å². The van der Waals surface area contributed by atoms with E-state index in [0.29, 0.717) is 19.9 Å². The molecule has 0 bridgehead atoms. The van der Waals surface area contributed by atoms with E-state index in [1.165, 1.54) is 0 Å². The zero-order valence-corrected chi connectivity index (χ0v) is 14.0. The molecule has 0 fully saturated rings. The molecule has 0 spiro atoms. The molecule has 6 nitrogen and oxygen atoms in total. The number of anilines is 3. The Hall–Kier alpha value is -2.57. The number of para-hydroxylation sites is 2. The second-order valence-corrected chi connectivity index (χ2v) is 5.57. The van der Waals surface area contributed by atoms with E-state index < -0.39 is 0 Å². The Labute approximate surface area is 141 Å². The highest BCUT2D eigenvalue weighted by atomic mass is 16.7. The number of hydrogen-bond donors (Lipinski definition) is 2. The number of aryl methyl sites for hydroxylation is 1. The lowest BCUT2D eigenvalue weighted by molar-refractivity contribution is -0.0333. The number of benzene rings is 2. The number of nitrogens with two attached hydrogens (primary N) is 1. The van der Waals surface area contributed by atoms with Gasteiger partial charge in [0.05, 0.1) is 35.7 Å². The van der Waals surface area contributed by atoms with E-state index in [4.69, 9.17) is 15.2 Å². The van der Waals surface area contributed by atoms with E-state index >= 15 is 0 Å². The van der Waals surface area contributed by atoms with Gasteiger partial charge < -0.3 is 20.5 Å². The van der Waals surface area contributed by atoms with Crippen molar-refractivity contribution >= 4 is 28.0 Å². The van der Waals surface area contributed by atoms with Crippen LogP contribution in [0.5, 0.6) is 0 Å². The third-order valence-corrected chi connectivity index (χ3v) is 3.82. The summed E-state index contributed by atoms with van der Waals surface area (Å²) in [5.41, 5.74) is 10.7. The van der Waals surface area contributed by atoms with Crippen LogP contribution in [0.2, 0.25) is 0 Å². The second-order valence-electron chi connectivity index (χ2n) is 5.57. The predicted molar refractivity (Wildman–Crippen MR) is 96.4 cm³/mol. The van der Waals surface area contributed by atoms with E-state index in [1.54, 1.807) is 7.11 Å². The number of fused-ring (bicyclic) bond motifs is 1. The first-order valence-electron chi connectivity index (χ1n) is 7.84. The van der Waals surface area contributed by atoms with Crippen LogP contribution in [-0.4, -0.2) is 30.3 Å². The molecule has 6 heteroatoms. The van der Waals surface area contributed by atoms with Crippen LogP contribution < -0.4 is 11.1 Å². The zero-order valence-electron chi connectivity index (χ0n) is 14.0. The lowest BCUT2D eigenvalue weighted by atomic mass is 10.2. The number of nitrogen functional groups attached to an aromatic ring is 1. The molecule has 0 aliphatic heterocycles. The molecule has 0 saturated carbocycles. The second kappa shape index (κ2) is 7.33. The van der Waals surface area contributed by atoms with Crippen molar-refractivity contribution in [3.8, 4) is 0 Å². The van der Waals surface area contributed by atoms with Gasteiger partial charge >= 0.3 is 0 Å². The maximum Gasteiger partial charge on any atom is 0.146 e. The van der Waals surface area contributed by atoms with Gasteiger partial charge in [0, 0.05) is 18.2 Å². The molecule has 2 aromatic carbocycles. The maximum absolute atomic E-state index is 5.99. The van der Waals surface area contributed by atoms with Crippen molar-refractivity contribution in [3.63, 3.8) is 0 Å². The van der Waals surface area contributed by atoms with Crippen LogP contribution in [0.4, 0.5) is 17.1 Å². The van der Waals surface area contributed by atoms with Crippen molar-refractivity contribution in [2.45, 2.75) is 13.5 Å². The SMILES string of the molecule is COCOCCn1nc(C)c2cc(Nc3ccccc3N)ccc21. The van der Waals surface area contributed by atoms with Crippen molar-refractivity contribution in [2.24, 2.45) is 0 Å². The fourth-order valence-corrected chi connectivity index (χ4v) is 2.65. The summed E-state index contributed by atoms with van der Waals surface area (Å²) in [6.07, 6.45) is 0. The number of aromatic nitrogens is 2. The molecule has 1 aromatic heterocycles. The lowest BCUT2D eigenvalue weighted by Crippen LogP contribution is -2.08. The Morgan fingerprint density at radius 1 is 1.21 bits per heavy atom. The fourth-order valence-electron chi connectivity index (χ4n) is 2.65. The van der Waals surface area contributed by atoms with Gasteiger partial charge in [-0.3, -0.25) is 4.68 Å². The molecule has 3 aromatic rings. The summed E-state index contributed by atoms with van der Waals surface area (Å²) >= 11 is 0. The number of hydrogen-bond acceptors (Lipinski definition) is 5. The van der Waals surface area contributed by atoms with Crippen LogP contribution in [0.25, 0.3) is 10.9 Å². The lowest BCUT2D eigenvalue weighted by Gasteiger charge is -2.09. The molecule has 3 rings (SSSR count). The van der Waals surface area contributed by atoms with Crippen LogP contribution >= 0.6 is 0 Å². The molecule has 3 N–H and O–H groups in total. The summed E-state index contributed by atoms with van der Waals surface area (Å²) in [5.74, 6) is 0. The monoisotopic (exact) mass is 326 g/mol. The van der Waals surface area contributed by atoms with E-state index in [1.807, 2.05) is 41.9 Å². The Balaban J connectivity index is 1.81. The summed E-state index contributed by atoms with van der Waals surface area (Å²) in [5, 5.41) is 9.07. The molecular formula is C18H22N4O2.